The van der Waals surface area contributed by atoms with Gasteiger partial charge in [-0.05, 0) is 55.4 Å². The predicted octanol–water partition coefficient (Wildman–Crippen LogP) is 5.79. The topological polar surface area (TPSA) is 87.6 Å². The summed E-state index contributed by atoms with van der Waals surface area (Å²) < 4.78 is 7.66. The summed E-state index contributed by atoms with van der Waals surface area (Å²) in [5.74, 6) is 0.287. The molecule has 3 aromatic carbocycles. The Labute approximate surface area is 245 Å². The number of hydrogen-bond acceptors (Lipinski definition) is 5. The van der Waals surface area contributed by atoms with Gasteiger partial charge in [-0.2, -0.15) is 0 Å². The fourth-order valence-corrected chi connectivity index (χ4v) is 6.57. The van der Waals surface area contributed by atoms with E-state index in [4.69, 9.17) is 4.74 Å². The molecule has 4 aromatic rings. The molecule has 3 heterocycles. The van der Waals surface area contributed by atoms with Crippen LogP contribution in [0.2, 0.25) is 0 Å². The number of nitrogens with one attached hydrogen (secondary N) is 1. The summed E-state index contributed by atoms with van der Waals surface area (Å²) in [5.41, 5.74) is 4.33. The molecule has 1 amide bonds. The van der Waals surface area contributed by atoms with Gasteiger partial charge in [-0.15, -0.1) is 0 Å². The molecule has 1 unspecified atom stereocenters. The Balaban J connectivity index is 1.07. The molecule has 1 saturated heterocycles. The number of para-hydroxylation sites is 1. The Morgan fingerprint density at radius 1 is 0.905 bits per heavy atom. The Morgan fingerprint density at radius 2 is 1.55 bits per heavy atom. The first-order chi connectivity index (χ1) is 20.5. The molecule has 1 N–H and O–H groups in total. The number of H-pyrrole nitrogens is 1. The van der Waals surface area contributed by atoms with Crippen LogP contribution in [0.15, 0.2) is 83.7 Å². The number of ketones is 1. The van der Waals surface area contributed by atoms with Crippen molar-refractivity contribution >= 4 is 22.9 Å². The van der Waals surface area contributed by atoms with Crippen LogP contribution in [-0.2, 0) is 17.8 Å². The highest BCUT2D eigenvalue weighted by Gasteiger charge is 2.35. The lowest BCUT2D eigenvalue weighted by Crippen LogP contribution is -2.43. The van der Waals surface area contributed by atoms with Crippen molar-refractivity contribution in [3.05, 3.63) is 106 Å². The van der Waals surface area contributed by atoms with E-state index in [0.717, 1.165) is 31.4 Å². The first kappa shape index (κ1) is 28.0. The van der Waals surface area contributed by atoms with Crippen LogP contribution in [0, 0.1) is 5.92 Å². The molecule has 8 heteroatoms. The zero-order valence-corrected chi connectivity index (χ0v) is 24.1. The summed E-state index contributed by atoms with van der Waals surface area (Å²) in [4.78, 5) is 46.0. The maximum absolute atomic E-state index is 13.1. The first-order valence-electron chi connectivity index (χ1n) is 15.0. The van der Waals surface area contributed by atoms with E-state index in [1.807, 2.05) is 59.2 Å². The second-order valence-corrected chi connectivity index (χ2v) is 11.7. The largest absolute Gasteiger partial charge is 0.448 e. The number of ether oxygens (including phenoxy) is 1. The van der Waals surface area contributed by atoms with Gasteiger partial charge in [0, 0.05) is 50.2 Å². The summed E-state index contributed by atoms with van der Waals surface area (Å²) in [6.07, 6.45) is 2.29. The lowest BCUT2D eigenvalue weighted by Gasteiger charge is -2.36. The van der Waals surface area contributed by atoms with E-state index >= 15 is 0 Å². The van der Waals surface area contributed by atoms with Crippen LogP contribution in [0.1, 0.15) is 60.1 Å². The van der Waals surface area contributed by atoms with Crippen molar-refractivity contribution < 1.29 is 14.3 Å². The number of rotatable bonds is 8. The fraction of sp³-hybridized carbons (Fsp3) is 0.382. The number of likely N-dealkylation sites (tertiary alicyclic amines) is 1. The summed E-state index contributed by atoms with van der Waals surface area (Å²) in [6.45, 7) is 5.08. The molecule has 0 bridgehead atoms. The number of piperidine rings is 1. The van der Waals surface area contributed by atoms with Crippen LogP contribution in [0.3, 0.4) is 0 Å². The zero-order valence-electron chi connectivity index (χ0n) is 24.1. The van der Waals surface area contributed by atoms with Gasteiger partial charge in [0.25, 0.3) is 0 Å². The molecule has 0 radical (unpaired) electrons. The highest BCUT2D eigenvalue weighted by molar-refractivity contribution is 6.06. The number of Topliss-reactive ketones (excluding diaryl/α,β-unsaturated/α-hetero) is 1. The highest BCUT2D eigenvalue weighted by Crippen LogP contribution is 2.37. The lowest BCUT2D eigenvalue weighted by molar-refractivity contribution is 0.0525. The number of hydrogen-bond donors (Lipinski definition) is 1. The van der Waals surface area contributed by atoms with Crippen molar-refractivity contribution in [1.29, 1.82) is 0 Å². The first-order valence-corrected chi connectivity index (χ1v) is 15.0. The van der Waals surface area contributed by atoms with E-state index in [1.54, 1.807) is 4.90 Å². The number of nitrogens with zero attached hydrogens (tertiary/aromatic N) is 3. The molecule has 218 valence electrons. The van der Waals surface area contributed by atoms with Gasteiger partial charge in [0.15, 0.2) is 5.78 Å². The van der Waals surface area contributed by atoms with Crippen molar-refractivity contribution in [3.8, 4) is 0 Å². The molecule has 42 heavy (non-hydrogen) atoms. The number of carbonyl (C=O) groups excluding carboxylic acids is 2. The van der Waals surface area contributed by atoms with E-state index < -0.39 is 0 Å². The van der Waals surface area contributed by atoms with E-state index in [1.165, 1.54) is 11.1 Å². The SMILES string of the molecule is C[C@@H](COC(=O)N1CCC(C2CCC(=O)c3cccc4[nH]c(=O)n2c34)CC1)N(Cc1ccccc1)Cc1ccccc1. The monoisotopic (exact) mass is 566 g/mol. The molecule has 0 spiro atoms. The van der Waals surface area contributed by atoms with E-state index in [0.29, 0.717) is 43.6 Å². The summed E-state index contributed by atoms with van der Waals surface area (Å²) in [7, 11) is 0. The van der Waals surface area contributed by atoms with Crippen molar-refractivity contribution in [2.75, 3.05) is 19.7 Å². The van der Waals surface area contributed by atoms with Crippen LogP contribution in [-0.4, -0.2) is 57.0 Å². The average molecular weight is 567 g/mol. The minimum atomic E-state index is -0.290. The summed E-state index contributed by atoms with van der Waals surface area (Å²) >= 11 is 0. The summed E-state index contributed by atoms with van der Waals surface area (Å²) in [6, 6.07) is 26.2. The van der Waals surface area contributed by atoms with Crippen molar-refractivity contribution in [3.63, 3.8) is 0 Å². The normalized spacial score (nSPS) is 18.3. The predicted molar refractivity (Wildman–Crippen MR) is 162 cm³/mol. The van der Waals surface area contributed by atoms with E-state index in [2.05, 4.69) is 41.1 Å². The van der Waals surface area contributed by atoms with E-state index in [-0.39, 0.29) is 35.6 Å². The Bertz CT molecular complexity index is 1550. The minimum Gasteiger partial charge on any atom is -0.448 e. The number of imidazole rings is 1. The standard InChI is InChI=1S/C34H38N4O4/c1-24(37(21-25-9-4-2-5-10-25)22-26-11-6-3-7-12-26)23-42-34(41)36-19-17-27(18-20-36)30-15-16-31(39)28-13-8-14-29-32(28)38(30)33(40)35-29/h2-14,24,27,30H,15-23H2,1H3,(H,35,40)/t24-,30?/m0/s1. The van der Waals surface area contributed by atoms with Gasteiger partial charge in [-0.1, -0.05) is 66.7 Å². The Morgan fingerprint density at radius 3 is 2.19 bits per heavy atom. The Hall–Kier alpha value is -4.17. The number of aromatic nitrogens is 2. The van der Waals surface area contributed by atoms with Gasteiger partial charge in [0.05, 0.1) is 11.0 Å². The van der Waals surface area contributed by atoms with Crippen LogP contribution in [0.5, 0.6) is 0 Å². The van der Waals surface area contributed by atoms with Crippen LogP contribution in [0.25, 0.3) is 11.0 Å². The molecule has 2 aliphatic heterocycles. The van der Waals surface area contributed by atoms with Crippen LogP contribution in [0.4, 0.5) is 4.79 Å². The molecule has 8 nitrogen and oxygen atoms in total. The summed E-state index contributed by atoms with van der Waals surface area (Å²) in [5, 5.41) is 0. The number of amides is 1. The van der Waals surface area contributed by atoms with Crippen LogP contribution < -0.4 is 5.69 Å². The molecule has 1 fully saturated rings. The number of carbonyl (C=O) groups is 2. The van der Waals surface area contributed by atoms with Crippen molar-refractivity contribution in [2.45, 2.75) is 57.8 Å². The molecule has 2 atom stereocenters. The van der Waals surface area contributed by atoms with Gasteiger partial charge in [0.1, 0.15) is 6.61 Å². The molecule has 1 aromatic heterocycles. The van der Waals surface area contributed by atoms with Gasteiger partial charge in [0.2, 0.25) is 0 Å². The molecule has 0 saturated carbocycles. The van der Waals surface area contributed by atoms with Crippen molar-refractivity contribution in [2.24, 2.45) is 5.92 Å². The molecule has 0 aliphatic carbocycles. The number of benzene rings is 3. The molecule has 6 rings (SSSR count). The smallest absolute Gasteiger partial charge is 0.409 e. The molecular formula is C34H38N4O4. The second-order valence-electron chi connectivity index (χ2n) is 11.7. The lowest BCUT2D eigenvalue weighted by atomic mass is 9.86. The third-order valence-corrected chi connectivity index (χ3v) is 8.91. The Kier molecular flexibility index (Phi) is 8.24. The van der Waals surface area contributed by atoms with Crippen LogP contribution >= 0.6 is 0 Å². The quantitative estimate of drug-likeness (QED) is 0.292. The number of aromatic amines is 1. The van der Waals surface area contributed by atoms with Gasteiger partial charge >= 0.3 is 11.8 Å². The zero-order chi connectivity index (χ0) is 29.1. The third kappa shape index (κ3) is 5.90. The van der Waals surface area contributed by atoms with Crippen molar-refractivity contribution in [1.82, 2.24) is 19.4 Å². The second kappa shape index (κ2) is 12.4. The average Bonchev–Trinajstić information content (AvgIpc) is 3.27. The molecular weight excluding hydrogens is 528 g/mol. The third-order valence-electron chi connectivity index (χ3n) is 8.91. The maximum atomic E-state index is 13.1. The maximum Gasteiger partial charge on any atom is 0.409 e. The van der Waals surface area contributed by atoms with Gasteiger partial charge < -0.3 is 14.6 Å². The van der Waals surface area contributed by atoms with E-state index in [9.17, 15) is 14.4 Å². The molecule has 2 aliphatic rings. The van der Waals surface area contributed by atoms with Gasteiger partial charge in [-0.3, -0.25) is 14.3 Å². The fourth-order valence-electron chi connectivity index (χ4n) is 6.57. The highest BCUT2D eigenvalue weighted by atomic mass is 16.6. The van der Waals surface area contributed by atoms with Gasteiger partial charge in [-0.25, -0.2) is 9.59 Å². The minimum absolute atomic E-state index is 0.0263.